The summed E-state index contributed by atoms with van der Waals surface area (Å²) >= 11 is 0. The summed E-state index contributed by atoms with van der Waals surface area (Å²) in [6.07, 6.45) is 1.62. The monoisotopic (exact) mass is 255 g/mol. The summed E-state index contributed by atoms with van der Waals surface area (Å²) < 4.78 is 0. The second-order valence-electron chi connectivity index (χ2n) is 4.00. The SMILES string of the molecule is Cc1ccc(NC(=O)C(=O)Nc2ccccc2)nc1. The lowest BCUT2D eigenvalue weighted by atomic mass is 10.3. The quantitative estimate of drug-likeness (QED) is 0.806. The number of anilines is 2. The highest BCUT2D eigenvalue weighted by Crippen LogP contribution is 2.06. The Hall–Kier alpha value is -2.69. The van der Waals surface area contributed by atoms with Crippen LogP contribution in [0.15, 0.2) is 48.7 Å². The third-order valence-corrected chi connectivity index (χ3v) is 2.39. The highest BCUT2D eigenvalue weighted by molar-refractivity contribution is 6.43. The van der Waals surface area contributed by atoms with Crippen LogP contribution in [0.4, 0.5) is 11.5 Å². The summed E-state index contributed by atoms with van der Waals surface area (Å²) in [6, 6.07) is 12.2. The molecule has 19 heavy (non-hydrogen) atoms. The molecule has 1 aromatic heterocycles. The van der Waals surface area contributed by atoms with Crippen molar-refractivity contribution in [2.24, 2.45) is 0 Å². The highest BCUT2D eigenvalue weighted by atomic mass is 16.2. The molecule has 1 aromatic carbocycles. The number of aromatic nitrogens is 1. The number of para-hydroxylation sites is 1. The van der Waals surface area contributed by atoms with Crippen LogP contribution in [0.2, 0.25) is 0 Å². The molecule has 0 bridgehead atoms. The Bertz CT molecular complexity index is 579. The number of hydrogen-bond donors (Lipinski definition) is 2. The number of nitrogens with one attached hydrogen (secondary N) is 2. The number of rotatable bonds is 2. The van der Waals surface area contributed by atoms with Gasteiger partial charge in [0.2, 0.25) is 0 Å². The molecule has 2 amide bonds. The molecule has 0 fully saturated rings. The van der Waals surface area contributed by atoms with Gasteiger partial charge in [-0.3, -0.25) is 9.59 Å². The summed E-state index contributed by atoms with van der Waals surface area (Å²) in [5.41, 5.74) is 1.55. The highest BCUT2D eigenvalue weighted by Gasteiger charge is 2.14. The largest absolute Gasteiger partial charge is 0.318 e. The van der Waals surface area contributed by atoms with E-state index in [9.17, 15) is 9.59 Å². The molecule has 96 valence electrons. The first kappa shape index (κ1) is 12.8. The van der Waals surface area contributed by atoms with E-state index >= 15 is 0 Å². The average Bonchev–Trinajstić information content (AvgIpc) is 2.42. The van der Waals surface area contributed by atoms with Gasteiger partial charge in [0.15, 0.2) is 0 Å². The molecule has 0 radical (unpaired) electrons. The zero-order valence-corrected chi connectivity index (χ0v) is 10.4. The summed E-state index contributed by atoms with van der Waals surface area (Å²) in [7, 11) is 0. The van der Waals surface area contributed by atoms with Crippen LogP contribution in [0.1, 0.15) is 5.56 Å². The number of aryl methyl sites for hydroxylation is 1. The number of pyridine rings is 1. The summed E-state index contributed by atoms with van der Waals surface area (Å²) in [5.74, 6) is -1.13. The minimum absolute atomic E-state index is 0.346. The first-order chi connectivity index (χ1) is 9.15. The van der Waals surface area contributed by atoms with Crippen LogP contribution in [0, 0.1) is 6.92 Å². The lowest BCUT2D eigenvalue weighted by molar-refractivity contribution is -0.133. The number of carbonyl (C=O) groups is 2. The molecule has 2 aromatic rings. The van der Waals surface area contributed by atoms with Crippen molar-refractivity contribution >= 4 is 23.3 Å². The third kappa shape index (κ3) is 3.64. The van der Waals surface area contributed by atoms with E-state index < -0.39 is 11.8 Å². The molecule has 0 unspecified atom stereocenters. The van der Waals surface area contributed by atoms with Crippen LogP contribution < -0.4 is 10.6 Å². The molecule has 2 N–H and O–H groups in total. The Labute approximate surface area is 110 Å². The molecule has 0 aliphatic rings. The van der Waals surface area contributed by atoms with Gasteiger partial charge in [0, 0.05) is 11.9 Å². The van der Waals surface area contributed by atoms with Crippen molar-refractivity contribution in [1.29, 1.82) is 0 Å². The van der Waals surface area contributed by atoms with E-state index in [4.69, 9.17) is 0 Å². The lowest BCUT2D eigenvalue weighted by Crippen LogP contribution is -2.29. The molecule has 0 saturated carbocycles. The van der Waals surface area contributed by atoms with Crippen molar-refractivity contribution in [2.45, 2.75) is 6.92 Å². The maximum Gasteiger partial charge on any atom is 0.315 e. The van der Waals surface area contributed by atoms with Gasteiger partial charge in [-0.25, -0.2) is 4.98 Å². The van der Waals surface area contributed by atoms with E-state index in [-0.39, 0.29) is 0 Å². The number of amides is 2. The van der Waals surface area contributed by atoms with Crippen LogP contribution >= 0.6 is 0 Å². The molecule has 0 aliphatic carbocycles. The molecule has 0 atom stereocenters. The lowest BCUT2D eigenvalue weighted by Gasteiger charge is -2.05. The van der Waals surface area contributed by atoms with Crippen LogP contribution in [0.3, 0.4) is 0 Å². The van der Waals surface area contributed by atoms with Gasteiger partial charge >= 0.3 is 11.8 Å². The van der Waals surface area contributed by atoms with E-state index in [1.54, 1.807) is 42.6 Å². The van der Waals surface area contributed by atoms with Gasteiger partial charge in [-0.1, -0.05) is 24.3 Å². The minimum atomic E-state index is -0.750. The van der Waals surface area contributed by atoms with E-state index in [0.717, 1.165) is 5.56 Å². The van der Waals surface area contributed by atoms with Gasteiger partial charge in [-0.15, -0.1) is 0 Å². The Morgan fingerprint density at radius 2 is 1.63 bits per heavy atom. The van der Waals surface area contributed by atoms with Crippen molar-refractivity contribution in [3.05, 3.63) is 54.2 Å². The predicted molar refractivity (Wildman–Crippen MR) is 72.7 cm³/mol. The molecular weight excluding hydrogens is 242 g/mol. The topological polar surface area (TPSA) is 71.1 Å². The number of hydrogen-bond acceptors (Lipinski definition) is 3. The molecule has 0 spiro atoms. The maximum atomic E-state index is 11.6. The van der Waals surface area contributed by atoms with Gasteiger partial charge < -0.3 is 10.6 Å². The first-order valence-electron chi connectivity index (χ1n) is 5.75. The van der Waals surface area contributed by atoms with Crippen molar-refractivity contribution in [2.75, 3.05) is 10.6 Å². The molecule has 1 heterocycles. The van der Waals surface area contributed by atoms with E-state index in [1.165, 1.54) is 0 Å². The standard InChI is InChI=1S/C14H13N3O2/c1-10-7-8-12(15-9-10)17-14(19)13(18)16-11-5-3-2-4-6-11/h2-9H,1H3,(H,16,18)(H,15,17,19). The fourth-order valence-corrected chi connectivity index (χ4v) is 1.42. The first-order valence-corrected chi connectivity index (χ1v) is 5.75. The van der Waals surface area contributed by atoms with Gasteiger partial charge in [-0.2, -0.15) is 0 Å². The van der Waals surface area contributed by atoms with Crippen molar-refractivity contribution < 1.29 is 9.59 Å². The minimum Gasteiger partial charge on any atom is -0.318 e. The second-order valence-corrected chi connectivity index (χ2v) is 4.00. The van der Waals surface area contributed by atoms with E-state index in [1.807, 2.05) is 13.0 Å². The van der Waals surface area contributed by atoms with Crippen molar-refractivity contribution in [1.82, 2.24) is 4.98 Å². The second kappa shape index (κ2) is 5.77. The normalized spacial score (nSPS) is 9.74. The van der Waals surface area contributed by atoms with Crippen LogP contribution in [-0.4, -0.2) is 16.8 Å². The van der Waals surface area contributed by atoms with Gasteiger partial charge in [0.25, 0.3) is 0 Å². The Kier molecular flexibility index (Phi) is 3.87. The fourth-order valence-electron chi connectivity index (χ4n) is 1.42. The number of nitrogens with zero attached hydrogens (tertiary/aromatic N) is 1. The van der Waals surface area contributed by atoms with Gasteiger partial charge in [0.05, 0.1) is 0 Å². The van der Waals surface area contributed by atoms with Crippen molar-refractivity contribution in [3.8, 4) is 0 Å². The summed E-state index contributed by atoms with van der Waals surface area (Å²) in [6.45, 7) is 1.89. The molecular formula is C14H13N3O2. The Morgan fingerprint density at radius 3 is 2.26 bits per heavy atom. The molecule has 0 saturated heterocycles. The van der Waals surface area contributed by atoms with Crippen LogP contribution in [-0.2, 0) is 9.59 Å². The van der Waals surface area contributed by atoms with E-state index in [2.05, 4.69) is 15.6 Å². The van der Waals surface area contributed by atoms with Crippen LogP contribution in [0.5, 0.6) is 0 Å². The Morgan fingerprint density at radius 1 is 0.947 bits per heavy atom. The predicted octanol–water partition coefficient (Wildman–Crippen LogP) is 1.97. The zero-order chi connectivity index (χ0) is 13.7. The average molecular weight is 255 g/mol. The summed E-state index contributed by atoms with van der Waals surface area (Å²) in [5, 5.41) is 4.92. The number of benzene rings is 1. The van der Waals surface area contributed by atoms with Gasteiger partial charge in [-0.05, 0) is 30.7 Å². The summed E-state index contributed by atoms with van der Waals surface area (Å²) in [4.78, 5) is 27.3. The van der Waals surface area contributed by atoms with Crippen LogP contribution in [0.25, 0.3) is 0 Å². The molecule has 5 nitrogen and oxygen atoms in total. The van der Waals surface area contributed by atoms with Crippen molar-refractivity contribution in [3.63, 3.8) is 0 Å². The molecule has 5 heteroatoms. The smallest absolute Gasteiger partial charge is 0.315 e. The van der Waals surface area contributed by atoms with E-state index in [0.29, 0.717) is 11.5 Å². The molecule has 0 aliphatic heterocycles. The maximum absolute atomic E-state index is 11.6. The third-order valence-electron chi connectivity index (χ3n) is 2.39. The number of carbonyl (C=O) groups excluding carboxylic acids is 2. The Balaban J connectivity index is 1.96. The fraction of sp³-hybridized carbons (Fsp3) is 0.0714. The molecule has 2 rings (SSSR count). The zero-order valence-electron chi connectivity index (χ0n) is 10.4. The van der Waals surface area contributed by atoms with Gasteiger partial charge in [0.1, 0.15) is 5.82 Å².